The van der Waals surface area contributed by atoms with Crippen molar-refractivity contribution in [2.75, 3.05) is 0 Å². The topological polar surface area (TPSA) is 69.2 Å². The Morgan fingerprint density at radius 2 is 2.25 bits per heavy atom. The van der Waals surface area contributed by atoms with Crippen molar-refractivity contribution in [1.29, 1.82) is 0 Å². The average molecular weight is 285 g/mol. The third-order valence-electron chi connectivity index (χ3n) is 2.93. The molecular formula is C11H13BrN2O2. The molecule has 16 heavy (non-hydrogen) atoms. The molecule has 1 aliphatic carbocycles. The van der Waals surface area contributed by atoms with E-state index in [-0.39, 0.29) is 16.7 Å². The number of rotatable bonds is 4. The molecule has 0 aliphatic heterocycles. The summed E-state index contributed by atoms with van der Waals surface area (Å²) in [5.74, 6) is 0.559. The van der Waals surface area contributed by atoms with Crippen LogP contribution < -0.4 is 5.73 Å². The number of benzene rings is 1. The summed E-state index contributed by atoms with van der Waals surface area (Å²) in [4.78, 5) is 10.5. The largest absolute Gasteiger partial charge is 0.327 e. The van der Waals surface area contributed by atoms with Crippen molar-refractivity contribution in [3.05, 3.63) is 38.3 Å². The number of hydrogen-bond donors (Lipinski definition) is 1. The first-order valence-electron chi connectivity index (χ1n) is 5.26. The van der Waals surface area contributed by atoms with Gasteiger partial charge in [-0.3, -0.25) is 10.1 Å². The molecule has 1 fully saturated rings. The van der Waals surface area contributed by atoms with E-state index >= 15 is 0 Å². The second kappa shape index (κ2) is 4.51. The first-order chi connectivity index (χ1) is 7.58. The zero-order chi connectivity index (χ0) is 11.7. The molecule has 0 radical (unpaired) electrons. The Morgan fingerprint density at radius 1 is 1.56 bits per heavy atom. The van der Waals surface area contributed by atoms with E-state index in [1.165, 1.54) is 6.07 Å². The maximum absolute atomic E-state index is 10.9. The maximum atomic E-state index is 10.9. The van der Waals surface area contributed by atoms with Gasteiger partial charge in [0.05, 0.1) is 4.92 Å². The van der Waals surface area contributed by atoms with Gasteiger partial charge in [-0.2, -0.15) is 0 Å². The molecule has 0 bridgehead atoms. The predicted molar refractivity (Wildman–Crippen MR) is 65.2 cm³/mol. The van der Waals surface area contributed by atoms with Crippen molar-refractivity contribution < 1.29 is 4.92 Å². The highest BCUT2D eigenvalue weighted by Crippen LogP contribution is 2.34. The highest BCUT2D eigenvalue weighted by Gasteiger charge is 2.30. The van der Waals surface area contributed by atoms with Crippen LogP contribution >= 0.6 is 15.9 Å². The fourth-order valence-corrected chi connectivity index (χ4v) is 2.17. The molecule has 2 N–H and O–H groups in total. The van der Waals surface area contributed by atoms with Crippen molar-refractivity contribution in [3.8, 4) is 0 Å². The van der Waals surface area contributed by atoms with Gasteiger partial charge >= 0.3 is 0 Å². The number of halogens is 1. The Labute approximate surface area is 102 Å². The molecule has 1 saturated carbocycles. The van der Waals surface area contributed by atoms with Crippen molar-refractivity contribution in [3.63, 3.8) is 0 Å². The molecule has 0 spiro atoms. The van der Waals surface area contributed by atoms with Gasteiger partial charge in [0, 0.05) is 22.1 Å². The van der Waals surface area contributed by atoms with E-state index in [0.717, 1.165) is 22.9 Å². The molecule has 86 valence electrons. The summed E-state index contributed by atoms with van der Waals surface area (Å²) in [6.45, 7) is 0. The number of nitro benzene ring substituents is 1. The quantitative estimate of drug-likeness (QED) is 0.683. The van der Waals surface area contributed by atoms with Crippen molar-refractivity contribution >= 4 is 21.6 Å². The van der Waals surface area contributed by atoms with E-state index in [1.807, 2.05) is 6.07 Å². The van der Waals surface area contributed by atoms with Crippen LogP contribution in [-0.4, -0.2) is 11.0 Å². The van der Waals surface area contributed by atoms with E-state index in [9.17, 15) is 10.1 Å². The zero-order valence-electron chi connectivity index (χ0n) is 8.73. The van der Waals surface area contributed by atoms with Gasteiger partial charge in [0.2, 0.25) is 0 Å². The molecule has 1 aromatic carbocycles. The number of nitro groups is 1. The first-order valence-corrected chi connectivity index (χ1v) is 6.05. The van der Waals surface area contributed by atoms with Crippen LogP contribution in [0.15, 0.2) is 22.7 Å². The number of nitrogens with two attached hydrogens (primary N) is 1. The SMILES string of the molecule is NC(Cc1ccc(Br)cc1[N+](=O)[O-])C1CC1. The van der Waals surface area contributed by atoms with Crippen LogP contribution in [0.2, 0.25) is 0 Å². The van der Waals surface area contributed by atoms with Crippen LogP contribution in [0.3, 0.4) is 0 Å². The lowest BCUT2D eigenvalue weighted by Crippen LogP contribution is -2.25. The molecule has 1 aromatic rings. The minimum absolute atomic E-state index is 0.0554. The standard InChI is InChI=1S/C11H13BrN2O2/c12-9-4-3-8(11(6-9)14(15)16)5-10(13)7-1-2-7/h3-4,6-7,10H,1-2,5,13H2. The smallest absolute Gasteiger partial charge is 0.273 e. The fourth-order valence-electron chi connectivity index (χ4n) is 1.82. The summed E-state index contributed by atoms with van der Waals surface area (Å²) >= 11 is 3.24. The zero-order valence-corrected chi connectivity index (χ0v) is 10.3. The molecule has 5 heteroatoms. The van der Waals surface area contributed by atoms with E-state index in [1.54, 1.807) is 6.07 Å². The van der Waals surface area contributed by atoms with Crippen molar-refractivity contribution in [1.82, 2.24) is 0 Å². The Balaban J connectivity index is 2.21. The minimum atomic E-state index is -0.348. The van der Waals surface area contributed by atoms with E-state index < -0.39 is 0 Å². The van der Waals surface area contributed by atoms with Gasteiger partial charge in [-0.15, -0.1) is 0 Å². The predicted octanol–water partition coefficient (Wildman–Crippen LogP) is 2.64. The van der Waals surface area contributed by atoms with Gasteiger partial charge in [-0.25, -0.2) is 0 Å². The van der Waals surface area contributed by atoms with E-state index in [0.29, 0.717) is 12.3 Å². The van der Waals surface area contributed by atoms with E-state index in [4.69, 9.17) is 5.73 Å². The summed E-state index contributed by atoms with van der Waals surface area (Å²) in [5.41, 5.74) is 6.87. The van der Waals surface area contributed by atoms with Gasteiger partial charge < -0.3 is 5.73 Å². The van der Waals surface area contributed by atoms with Gasteiger partial charge in [-0.05, 0) is 31.2 Å². The lowest BCUT2D eigenvalue weighted by Gasteiger charge is -2.10. The molecule has 0 amide bonds. The van der Waals surface area contributed by atoms with E-state index in [2.05, 4.69) is 15.9 Å². The lowest BCUT2D eigenvalue weighted by molar-refractivity contribution is -0.385. The molecule has 1 unspecified atom stereocenters. The summed E-state index contributed by atoms with van der Waals surface area (Å²) in [5, 5.41) is 10.9. The molecule has 0 saturated heterocycles. The second-order valence-corrected chi connectivity index (χ2v) is 5.15. The molecule has 2 rings (SSSR count). The average Bonchev–Trinajstić information content (AvgIpc) is 3.03. The van der Waals surface area contributed by atoms with Gasteiger partial charge in [-0.1, -0.05) is 22.0 Å². The second-order valence-electron chi connectivity index (χ2n) is 4.24. The van der Waals surface area contributed by atoms with Crippen LogP contribution in [0.5, 0.6) is 0 Å². The molecule has 0 heterocycles. The van der Waals surface area contributed by atoms with Crippen molar-refractivity contribution in [2.24, 2.45) is 11.7 Å². The monoisotopic (exact) mass is 284 g/mol. The Bertz CT molecular complexity index is 418. The van der Waals surface area contributed by atoms with Crippen LogP contribution in [0.25, 0.3) is 0 Å². The number of nitrogens with zero attached hydrogens (tertiary/aromatic N) is 1. The van der Waals surface area contributed by atoms with Gasteiger partial charge in [0.15, 0.2) is 0 Å². The maximum Gasteiger partial charge on any atom is 0.273 e. The molecule has 1 atom stereocenters. The van der Waals surface area contributed by atoms with Crippen LogP contribution in [0.1, 0.15) is 18.4 Å². The highest BCUT2D eigenvalue weighted by molar-refractivity contribution is 9.10. The fraction of sp³-hybridized carbons (Fsp3) is 0.455. The molecule has 1 aliphatic rings. The Kier molecular flexibility index (Phi) is 3.25. The summed E-state index contributed by atoms with van der Waals surface area (Å²) in [6.07, 6.45) is 2.91. The van der Waals surface area contributed by atoms with Crippen LogP contribution in [0.4, 0.5) is 5.69 Å². The third-order valence-corrected chi connectivity index (χ3v) is 3.42. The summed E-state index contributed by atoms with van der Waals surface area (Å²) < 4.78 is 0.725. The minimum Gasteiger partial charge on any atom is -0.327 e. The number of hydrogen-bond acceptors (Lipinski definition) is 3. The molecular weight excluding hydrogens is 272 g/mol. The summed E-state index contributed by atoms with van der Waals surface area (Å²) in [7, 11) is 0. The first kappa shape index (κ1) is 11.5. The highest BCUT2D eigenvalue weighted by atomic mass is 79.9. The molecule has 0 aromatic heterocycles. The van der Waals surface area contributed by atoms with Crippen molar-refractivity contribution in [2.45, 2.75) is 25.3 Å². The van der Waals surface area contributed by atoms with Crippen LogP contribution in [0, 0.1) is 16.0 Å². The molecule has 4 nitrogen and oxygen atoms in total. The van der Waals surface area contributed by atoms with Gasteiger partial charge in [0.25, 0.3) is 5.69 Å². The lowest BCUT2D eigenvalue weighted by atomic mass is 10.0. The normalized spacial score (nSPS) is 17.1. The van der Waals surface area contributed by atoms with Crippen LogP contribution in [-0.2, 0) is 6.42 Å². The summed E-state index contributed by atoms with van der Waals surface area (Å²) in [6, 6.07) is 5.20. The Morgan fingerprint density at radius 3 is 2.81 bits per heavy atom. The third kappa shape index (κ3) is 2.59. The van der Waals surface area contributed by atoms with Gasteiger partial charge in [0.1, 0.15) is 0 Å². The Hall–Kier alpha value is -0.940.